The highest BCUT2D eigenvalue weighted by molar-refractivity contribution is 7.91. The summed E-state index contributed by atoms with van der Waals surface area (Å²) in [5.41, 5.74) is 2.31. The van der Waals surface area contributed by atoms with Crippen molar-refractivity contribution in [3.8, 4) is 5.69 Å². The van der Waals surface area contributed by atoms with Crippen LogP contribution >= 0.6 is 0 Å². The first-order chi connectivity index (χ1) is 14.3. The molecule has 0 radical (unpaired) electrons. The first-order valence-corrected chi connectivity index (χ1v) is 11.7. The monoisotopic (exact) mass is 434 g/mol. The van der Waals surface area contributed by atoms with Crippen molar-refractivity contribution in [2.75, 3.05) is 44.3 Å². The first kappa shape index (κ1) is 22.0. The van der Waals surface area contributed by atoms with Gasteiger partial charge < -0.3 is 10.1 Å². The Labute approximate surface area is 175 Å². The number of rotatable bonds is 7. The topological polar surface area (TPSA) is 111 Å². The maximum absolute atomic E-state index is 12.4. The second kappa shape index (κ2) is 9.40. The second-order valence-corrected chi connectivity index (χ2v) is 9.38. The number of esters is 1. The maximum atomic E-state index is 12.4. The lowest BCUT2D eigenvalue weighted by Crippen LogP contribution is -2.43. The quantitative estimate of drug-likeness (QED) is 0.642. The van der Waals surface area contributed by atoms with Crippen molar-refractivity contribution in [1.29, 1.82) is 0 Å². The van der Waals surface area contributed by atoms with E-state index in [9.17, 15) is 18.0 Å². The highest BCUT2D eigenvalue weighted by Crippen LogP contribution is 2.16. The van der Waals surface area contributed by atoms with Crippen LogP contribution in [0, 0.1) is 6.92 Å². The van der Waals surface area contributed by atoms with Crippen LogP contribution < -0.4 is 5.32 Å². The Morgan fingerprint density at radius 2 is 1.83 bits per heavy atom. The summed E-state index contributed by atoms with van der Waals surface area (Å²) in [5, 5.41) is 7.10. The molecule has 2 aromatic rings. The lowest BCUT2D eigenvalue weighted by atomic mass is 10.2. The molecule has 1 fully saturated rings. The number of nitrogens with zero attached hydrogens (tertiary/aromatic N) is 3. The highest BCUT2D eigenvalue weighted by Gasteiger charge is 2.21. The third-order valence-corrected chi connectivity index (χ3v) is 6.64. The Bertz CT molecular complexity index is 1000. The molecule has 2 heterocycles. The smallest absolute Gasteiger partial charge is 0.341 e. The molecule has 0 atom stereocenters. The van der Waals surface area contributed by atoms with Gasteiger partial charge in [-0.15, -0.1) is 0 Å². The summed E-state index contributed by atoms with van der Waals surface area (Å²) in [6.07, 6.45) is 1.47. The number of nitrogens with one attached hydrogen (secondary N) is 1. The number of carbonyl (C=O) groups is 2. The Kier molecular flexibility index (Phi) is 6.88. The SMILES string of the molecule is CCOC(=O)c1cnn(-c2ccc(C(=O)NCCN3CCS(=O)(=O)CC3)cc2)c1C. The molecular weight excluding hydrogens is 408 g/mol. The van der Waals surface area contributed by atoms with Crippen molar-refractivity contribution in [1.82, 2.24) is 20.0 Å². The van der Waals surface area contributed by atoms with Crippen LogP contribution in [0.5, 0.6) is 0 Å². The van der Waals surface area contributed by atoms with E-state index in [1.165, 1.54) is 6.20 Å². The van der Waals surface area contributed by atoms with Crippen LogP contribution in [0.2, 0.25) is 0 Å². The summed E-state index contributed by atoms with van der Waals surface area (Å²) in [5.74, 6) is -0.264. The minimum absolute atomic E-state index is 0.174. The van der Waals surface area contributed by atoms with Crippen LogP contribution in [0.4, 0.5) is 0 Å². The molecule has 1 aliphatic heterocycles. The van der Waals surface area contributed by atoms with Crippen molar-refractivity contribution in [3.05, 3.63) is 47.3 Å². The summed E-state index contributed by atoms with van der Waals surface area (Å²) in [6, 6.07) is 6.92. The van der Waals surface area contributed by atoms with Crippen molar-refractivity contribution in [2.24, 2.45) is 0 Å². The molecule has 1 aromatic carbocycles. The number of ether oxygens (including phenoxy) is 1. The Morgan fingerprint density at radius 1 is 1.17 bits per heavy atom. The van der Waals surface area contributed by atoms with Gasteiger partial charge in [0.25, 0.3) is 5.91 Å². The summed E-state index contributed by atoms with van der Waals surface area (Å²) in [4.78, 5) is 26.3. The van der Waals surface area contributed by atoms with E-state index < -0.39 is 15.8 Å². The molecule has 1 aliphatic rings. The average molecular weight is 435 g/mol. The van der Waals surface area contributed by atoms with Crippen LogP contribution in [-0.2, 0) is 14.6 Å². The zero-order valence-corrected chi connectivity index (χ0v) is 17.9. The summed E-state index contributed by atoms with van der Waals surface area (Å²) >= 11 is 0. The van der Waals surface area contributed by atoms with Crippen molar-refractivity contribution in [3.63, 3.8) is 0 Å². The third kappa shape index (κ3) is 5.25. The van der Waals surface area contributed by atoms with Crippen molar-refractivity contribution in [2.45, 2.75) is 13.8 Å². The highest BCUT2D eigenvalue weighted by atomic mass is 32.2. The summed E-state index contributed by atoms with van der Waals surface area (Å²) < 4.78 is 29.6. The predicted molar refractivity (Wildman–Crippen MR) is 112 cm³/mol. The first-order valence-electron chi connectivity index (χ1n) is 9.84. The fourth-order valence-electron chi connectivity index (χ4n) is 3.24. The van der Waals surface area contributed by atoms with Crippen LogP contribution in [-0.4, -0.2) is 79.3 Å². The number of amides is 1. The van der Waals surface area contributed by atoms with Crippen molar-refractivity contribution >= 4 is 21.7 Å². The van der Waals surface area contributed by atoms with Gasteiger partial charge in [0.1, 0.15) is 5.56 Å². The summed E-state index contributed by atoms with van der Waals surface area (Å²) in [7, 11) is -2.90. The van der Waals surface area contributed by atoms with E-state index in [0.29, 0.717) is 49.6 Å². The van der Waals surface area contributed by atoms with E-state index in [-0.39, 0.29) is 17.4 Å². The normalized spacial score (nSPS) is 16.2. The van der Waals surface area contributed by atoms with Gasteiger partial charge in [-0.05, 0) is 38.1 Å². The number of aromatic nitrogens is 2. The van der Waals surface area contributed by atoms with Gasteiger partial charge in [0.2, 0.25) is 0 Å². The molecule has 30 heavy (non-hydrogen) atoms. The Balaban J connectivity index is 1.55. The molecule has 1 aromatic heterocycles. The molecule has 0 unspecified atom stereocenters. The zero-order valence-electron chi connectivity index (χ0n) is 17.1. The van der Waals surface area contributed by atoms with Crippen LogP contribution in [0.1, 0.15) is 33.3 Å². The molecule has 1 N–H and O–H groups in total. The molecule has 0 saturated carbocycles. The van der Waals surface area contributed by atoms with Crippen LogP contribution in [0.3, 0.4) is 0 Å². The maximum Gasteiger partial charge on any atom is 0.341 e. The van der Waals surface area contributed by atoms with Gasteiger partial charge in [-0.2, -0.15) is 5.10 Å². The predicted octanol–water partition coefficient (Wildman–Crippen LogP) is 0.818. The second-order valence-electron chi connectivity index (χ2n) is 7.07. The van der Waals surface area contributed by atoms with Crippen LogP contribution in [0.15, 0.2) is 30.5 Å². The fourth-order valence-corrected chi connectivity index (χ4v) is 4.51. The minimum Gasteiger partial charge on any atom is -0.462 e. The number of carbonyl (C=O) groups excluding carboxylic acids is 2. The number of benzene rings is 1. The lowest BCUT2D eigenvalue weighted by molar-refractivity contribution is 0.0525. The number of sulfone groups is 1. The van der Waals surface area contributed by atoms with Gasteiger partial charge in [-0.3, -0.25) is 9.69 Å². The van der Waals surface area contributed by atoms with Gasteiger partial charge >= 0.3 is 5.97 Å². The minimum atomic E-state index is -2.90. The van der Waals surface area contributed by atoms with Gasteiger partial charge in [-0.1, -0.05) is 0 Å². The fraction of sp³-hybridized carbons (Fsp3) is 0.450. The van der Waals surface area contributed by atoms with E-state index in [0.717, 1.165) is 5.69 Å². The number of hydrogen-bond acceptors (Lipinski definition) is 7. The average Bonchev–Trinajstić information content (AvgIpc) is 3.11. The molecule has 3 rings (SSSR count). The van der Waals surface area contributed by atoms with Gasteiger partial charge in [0.05, 0.1) is 35.7 Å². The molecule has 0 spiro atoms. The zero-order chi connectivity index (χ0) is 21.7. The van der Waals surface area contributed by atoms with E-state index >= 15 is 0 Å². The van der Waals surface area contributed by atoms with E-state index in [1.54, 1.807) is 42.8 Å². The van der Waals surface area contributed by atoms with E-state index in [4.69, 9.17) is 4.74 Å². The number of hydrogen-bond donors (Lipinski definition) is 1. The van der Waals surface area contributed by atoms with E-state index in [2.05, 4.69) is 10.4 Å². The van der Waals surface area contributed by atoms with E-state index in [1.807, 2.05) is 4.90 Å². The summed E-state index contributed by atoms with van der Waals surface area (Å²) in [6.45, 7) is 5.90. The molecule has 10 heteroatoms. The molecule has 1 saturated heterocycles. The molecule has 0 aliphatic carbocycles. The Morgan fingerprint density at radius 3 is 2.47 bits per heavy atom. The molecule has 1 amide bonds. The van der Waals surface area contributed by atoms with Gasteiger partial charge in [-0.25, -0.2) is 17.9 Å². The largest absolute Gasteiger partial charge is 0.462 e. The molecule has 0 bridgehead atoms. The van der Waals surface area contributed by atoms with Crippen LogP contribution in [0.25, 0.3) is 5.69 Å². The lowest BCUT2D eigenvalue weighted by Gasteiger charge is -2.26. The third-order valence-electron chi connectivity index (χ3n) is 5.03. The van der Waals surface area contributed by atoms with Gasteiger partial charge in [0, 0.05) is 31.7 Å². The van der Waals surface area contributed by atoms with Crippen molar-refractivity contribution < 1.29 is 22.7 Å². The standard InChI is InChI=1S/C20H26N4O5S/c1-3-29-20(26)18-14-22-24(15(18)2)17-6-4-16(5-7-17)19(25)21-8-9-23-10-12-30(27,28)13-11-23/h4-7,14H,3,8-13H2,1-2H3,(H,21,25). The molecule has 9 nitrogen and oxygen atoms in total. The van der Waals surface area contributed by atoms with Gasteiger partial charge in [0.15, 0.2) is 9.84 Å². The molecular formula is C20H26N4O5S. The molecule has 162 valence electrons. The Hall–Kier alpha value is -2.72.